The van der Waals surface area contributed by atoms with E-state index in [2.05, 4.69) is 52.7 Å². The van der Waals surface area contributed by atoms with Crippen molar-refractivity contribution in [2.75, 3.05) is 23.3 Å². The lowest BCUT2D eigenvalue weighted by Crippen LogP contribution is -2.26. The van der Waals surface area contributed by atoms with Crippen molar-refractivity contribution >= 4 is 22.9 Å². The molecule has 1 fully saturated rings. The van der Waals surface area contributed by atoms with Crippen LogP contribution in [0.2, 0.25) is 0 Å². The third kappa shape index (κ3) is 3.19. The second-order valence-electron chi connectivity index (χ2n) is 6.59. The highest BCUT2D eigenvalue weighted by Gasteiger charge is 2.27. The normalized spacial score (nSPS) is 16.9. The molecule has 1 aliphatic heterocycles. The van der Waals surface area contributed by atoms with Crippen LogP contribution < -0.4 is 10.2 Å². The average Bonchev–Trinajstić information content (AvgIpc) is 3.43. The van der Waals surface area contributed by atoms with Crippen molar-refractivity contribution in [1.82, 2.24) is 30.3 Å². The first-order chi connectivity index (χ1) is 13.3. The molecule has 0 amide bonds. The van der Waals surface area contributed by atoms with Crippen molar-refractivity contribution in [3.8, 4) is 0 Å². The first kappa shape index (κ1) is 15.7. The fourth-order valence-electron chi connectivity index (χ4n) is 3.35. The van der Waals surface area contributed by atoms with Gasteiger partial charge in [-0.1, -0.05) is 35.5 Å². The Balaban J connectivity index is 1.25. The van der Waals surface area contributed by atoms with Gasteiger partial charge < -0.3 is 14.7 Å². The summed E-state index contributed by atoms with van der Waals surface area (Å²) in [6, 6.07) is 10.9. The summed E-state index contributed by atoms with van der Waals surface area (Å²) in [6.45, 7) is 1.63. The summed E-state index contributed by atoms with van der Waals surface area (Å²) >= 11 is 0. The van der Waals surface area contributed by atoms with Crippen LogP contribution >= 0.6 is 0 Å². The van der Waals surface area contributed by atoms with Crippen LogP contribution in [-0.2, 0) is 6.42 Å². The molecule has 0 unspecified atom stereocenters. The largest absolute Gasteiger partial charge is 0.365 e. The molecule has 3 aromatic heterocycles. The molecule has 9 heteroatoms. The number of nitrogens with one attached hydrogen (secondary N) is 2. The van der Waals surface area contributed by atoms with E-state index in [9.17, 15) is 0 Å². The predicted octanol–water partition coefficient (Wildman–Crippen LogP) is 2.02. The van der Waals surface area contributed by atoms with Gasteiger partial charge in [-0.15, -0.1) is 0 Å². The summed E-state index contributed by atoms with van der Waals surface area (Å²) in [5.74, 6) is 1.49. The molecule has 1 aromatic carbocycles. The van der Waals surface area contributed by atoms with Gasteiger partial charge in [0.15, 0.2) is 11.5 Å². The number of H-pyrrole nitrogens is 1. The minimum Gasteiger partial charge on any atom is -0.365 e. The Morgan fingerprint density at radius 1 is 1.22 bits per heavy atom. The Hall–Kier alpha value is -3.49. The standard InChI is InChI=1S/C18H18N8O/c1-2-4-12(5-3-1)8-15-23-18(27-25-15)26-7-6-13(10-26)22-16-14-9-21-24-17(14)20-11-19-16/h1-5,9,11,13H,6-8,10H2,(H2,19,20,21,22,24)/t13-/m0/s1. The Morgan fingerprint density at radius 3 is 3.07 bits per heavy atom. The van der Waals surface area contributed by atoms with Gasteiger partial charge >= 0.3 is 6.01 Å². The molecule has 1 aliphatic rings. The molecule has 4 heterocycles. The van der Waals surface area contributed by atoms with Crippen molar-refractivity contribution in [3.05, 3.63) is 54.2 Å². The highest BCUT2D eigenvalue weighted by molar-refractivity contribution is 5.85. The maximum absolute atomic E-state index is 5.47. The highest BCUT2D eigenvalue weighted by Crippen LogP contribution is 2.23. The van der Waals surface area contributed by atoms with Crippen LogP contribution in [0.4, 0.5) is 11.8 Å². The molecule has 0 aliphatic carbocycles. The summed E-state index contributed by atoms with van der Waals surface area (Å²) in [7, 11) is 0. The second-order valence-corrected chi connectivity index (χ2v) is 6.59. The maximum Gasteiger partial charge on any atom is 0.324 e. The number of benzene rings is 1. The van der Waals surface area contributed by atoms with Crippen molar-refractivity contribution in [3.63, 3.8) is 0 Å². The molecule has 0 radical (unpaired) electrons. The zero-order valence-electron chi connectivity index (χ0n) is 14.5. The van der Waals surface area contributed by atoms with E-state index in [1.807, 2.05) is 18.2 Å². The molecule has 1 atom stereocenters. The number of hydrogen-bond acceptors (Lipinski definition) is 8. The van der Waals surface area contributed by atoms with Crippen LogP contribution in [0.1, 0.15) is 17.8 Å². The smallest absolute Gasteiger partial charge is 0.324 e. The quantitative estimate of drug-likeness (QED) is 0.555. The number of hydrogen-bond donors (Lipinski definition) is 2. The molecular weight excluding hydrogens is 344 g/mol. The molecule has 0 saturated carbocycles. The van der Waals surface area contributed by atoms with Gasteiger partial charge in [0.1, 0.15) is 12.1 Å². The van der Waals surface area contributed by atoms with Crippen molar-refractivity contribution < 1.29 is 4.52 Å². The molecule has 2 N–H and O–H groups in total. The third-order valence-corrected chi connectivity index (χ3v) is 4.71. The summed E-state index contributed by atoms with van der Waals surface area (Å²) in [6.07, 6.45) is 4.89. The van der Waals surface area contributed by atoms with Gasteiger partial charge in [-0.25, -0.2) is 9.97 Å². The Morgan fingerprint density at radius 2 is 2.15 bits per heavy atom. The number of rotatable bonds is 5. The number of aromatic nitrogens is 6. The molecule has 0 spiro atoms. The number of fused-ring (bicyclic) bond motifs is 1. The molecule has 5 rings (SSSR count). The van der Waals surface area contributed by atoms with Gasteiger partial charge in [-0.2, -0.15) is 10.1 Å². The Bertz CT molecular complexity index is 1040. The average molecular weight is 362 g/mol. The van der Waals surface area contributed by atoms with Crippen molar-refractivity contribution in [1.29, 1.82) is 0 Å². The summed E-state index contributed by atoms with van der Waals surface area (Å²) in [5.41, 5.74) is 1.89. The van der Waals surface area contributed by atoms with Gasteiger partial charge in [0.05, 0.1) is 11.6 Å². The first-order valence-electron chi connectivity index (χ1n) is 8.87. The Labute approximate surface area is 154 Å². The van der Waals surface area contributed by atoms with Gasteiger partial charge in [0.25, 0.3) is 0 Å². The van der Waals surface area contributed by atoms with Gasteiger partial charge in [0.2, 0.25) is 0 Å². The van der Waals surface area contributed by atoms with E-state index in [0.29, 0.717) is 18.3 Å². The fraction of sp³-hybridized carbons (Fsp3) is 0.278. The van der Waals surface area contributed by atoms with E-state index >= 15 is 0 Å². The van der Waals surface area contributed by atoms with E-state index in [4.69, 9.17) is 4.52 Å². The summed E-state index contributed by atoms with van der Waals surface area (Å²) in [4.78, 5) is 15.2. The van der Waals surface area contributed by atoms with E-state index in [1.54, 1.807) is 6.20 Å². The number of anilines is 2. The molecule has 1 saturated heterocycles. The number of aromatic amines is 1. The SMILES string of the molecule is c1ccc(Cc2noc(N3CC[C@H](Nc4ncnc5[nH]ncc45)C3)n2)cc1. The lowest BCUT2D eigenvalue weighted by Gasteiger charge is -2.15. The monoisotopic (exact) mass is 362 g/mol. The molecule has 4 aromatic rings. The fourth-order valence-corrected chi connectivity index (χ4v) is 3.35. The third-order valence-electron chi connectivity index (χ3n) is 4.71. The first-order valence-corrected chi connectivity index (χ1v) is 8.87. The van der Waals surface area contributed by atoms with E-state index in [0.717, 1.165) is 36.4 Å². The minimum atomic E-state index is 0.238. The minimum absolute atomic E-state index is 0.238. The van der Waals surface area contributed by atoms with Crippen LogP contribution in [0.5, 0.6) is 0 Å². The molecule has 0 bridgehead atoms. The van der Waals surface area contributed by atoms with Crippen LogP contribution in [0.25, 0.3) is 11.0 Å². The zero-order chi connectivity index (χ0) is 18.1. The molecule has 136 valence electrons. The molecular formula is C18H18N8O. The molecule has 9 nitrogen and oxygen atoms in total. The van der Waals surface area contributed by atoms with Crippen LogP contribution in [0.15, 0.2) is 47.4 Å². The predicted molar refractivity (Wildman–Crippen MR) is 99.5 cm³/mol. The van der Waals surface area contributed by atoms with E-state index in [-0.39, 0.29) is 6.04 Å². The van der Waals surface area contributed by atoms with Crippen LogP contribution in [-0.4, -0.2) is 49.4 Å². The van der Waals surface area contributed by atoms with Crippen LogP contribution in [0, 0.1) is 0 Å². The lowest BCUT2D eigenvalue weighted by molar-refractivity contribution is 0.412. The molecule has 27 heavy (non-hydrogen) atoms. The van der Waals surface area contributed by atoms with E-state index in [1.165, 1.54) is 11.9 Å². The van der Waals surface area contributed by atoms with Gasteiger partial charge in [0, 0.05) is 25.6 Å². The lowest BCUT2D eigenvalue weighted by atomic mass is 10.1. The van der Waals surface area contributed by atoms with Crippen LogP contribution in [0.3, 0.4) is 0 Å². The zero-order valence-corrected chi connectivity index (χ0v) is 14.5. The van der Waals surface area contributed by atoms with Gasteiger partial charge in [-0.05, 0) is 12.0 Å². The topological polar surface area (TPSA) is 109 Å². The van der Waals surface area contributed by atoms with E-state index < -0.39 is 0 Å². The van der Waals surface area contributed by atoms with Crippen molar-refractivity contribution in [2.24, 2.45) is 0 Å². The summed E-state index contributed by atoms with van der Waals surface area (Å²) < 4.78 is 5.47. The maximum atomic E-state index is 5.47. The summed E-state index contributed by atoms with van der Waals surface area (Å²) in [5, 5.41) is 15.4. The van der Waals surface area contributed by atoms with Gasteiger partial charge in [-0.3, -0.25) is 5.10 Å². The van der Waals surface area contributed by atoms with Crippen molar-refractivity contribution in [2.45, 2.75) is 18.9 Å². The highest BCUT2D eigenvalue weighted by atomic mass is 16.5. The Kier molecular flexibility index (Phi) is 3.89. The second kappa shape index (κ2) is 6.67. The number of nitrogens with zero attached hydrogens (tertiary/aromatic N) is 6.